The molecule has 0 atom stereocenters. The molecule has 13 heavy (non-hydrogen) atoms. The second-order valence-corrected chi connectivity index (χ2v) is 3.84. The van der Waals surface area contributed by atoms with Crippen LogP contribution in [0.2, 0.25) is 0 Å². The van der Waals surface area contributed by atoms with Gasteiger partial charge in [-0.15, -0.1) is 0 Å². The van der Waals surface area contributed by atoms with Gasteiger partial charge in [0.25, 0.3) is 0 Å². The van der Waals surface area contributed by atoms with Gasteiger partial charge in [0, 0.05) is 0 Å². The molecule has 1 fully saturated rings. The summed E-state index contributed by atoms with van der Waals surface area (Å²) in [5, 5.41) is 0. The van der Waals surface area contributed by atoms with Crippen molar-refractivity contribution >= 4 is 0 Å². The molecule has 0 amide bonds. The van der Waals surface area contributed by atoms with Crippen LogP contribution in [-0.4, -0.2) is 0 Å². The maximum Gasteiger partial charge on any atom is 0.126 e. The third kappa shape index (κ3) is 1.60. The molecule has 0 heterocycles. The summed E-state index contributed by atoms with van der Waals surface area (Å²) in [7, 11) is 0. The Kier molecular flexibility index (Phi) is 2.34. The van der Waals surface area contributed by atoms with Crippen LogP contribution in [0.15, 0.2) is 18.2 Å². The number of rotatable bonds is 2. The van der Waals surface area contributed by atoms with E-state index < -0.39 is 0 Å². The van der Waals surface area contributed by atoms with E-state index in [1.54, 1.807) is 6.07 Å². The van der Waals surface area contributed by atoms with E-state index in [1.165, 1.54) is 24.8 Å². The average Bonchev–Trinajstić information content (AvgIpc) is 2.06. The summed E-state index contributed by atoms with van der Waals surface area (Å²) in [5.41, 5.74) is 2.20. The predicted octanol–water partition coefficient (Wildman–Crippen LogP) is 3.66. The standard InChI is InChI=1S/C12H15F/c1-2-9-6-7-12(13)11(8-9)10-4-3-5-10/h6-8,10H,2-5H2,1H3. The van der Waals surface area contributed by atoms with Crippen LogP contribution in [0.3, 0.4) is 0 Å². The number of hydrogen-bond donors (Lipinski definition) is 0. The van der Waals surface area contributed by atoms with Crippen molar-refractivity contribution in [3.8, 4) is 0 Å². The monoisotopic (exact) mass is 178 g/mol. The number of aryl methyl sites for hydroxylation is 1. The summed E-state index contributed by atoms with van der Waals surface area (Å²) in [5.74, 6) is 0.494. The molecule has 0 spiro atoms. The average molecular weight is 178 g/mol. The molecule has 0 unspecified atom stereocenters. The van der Waals surface area contributed by atoms with Crippen molar-refractivity contribution in [3.05, 3.63) is 35.1 Å². The summed E-state index contributed by atoms with van der Waals surface area (Å²) < 4.78 is 13.4. The largest absolute Gasteiger partial charge is 0.207 e. The maximum atomic E-state index is 13.4. The van der Waals surface area contributed by atoms with Crippen LogP contribution in [-0.2, 0) is 6.42 Å². The topological polar surface area (TPSA) is 0 Å². The number of hydrogen-bond acceptors (Lipinski definition) is 0. The lowest BCUT2D eigenvalue weighted by Gasteiger charge is -2.26. The molecule has 1 aliphatic rings. The highest BCUT2D eigenvalue weighted by Gasteiger charge is 2.22. The van der Waals surface area contributed by atoms with E-state index in [0.717, 1.165) is 12.0 Å². The summed E-state index contributed by atoms with van der Waals surface area (Å²) in [6.45, 7) is 2.11. The third-order valence-electron chi connectivity index (χ3n) is 3.01. The Hall–Kier alpha value is -0.850. The molecule has 70 valence electrons. The summed E-state index contributed by atoms with van der Waals surface area (Å²) >= 11 is 0. The molecule has 0 bridgehead atoms. The fraction of sp³-hybridized carbons (Fsp3) is 0.500. The first-order valence-electron chi connectivity index (χ1n) is 5.09. The van der Waals surface area contributed by atoms with Gasteiger partial charge < -0.3 is 0 Å². The Morgan fingerprint density at radius 1 is 1.38 bits per heavy atom. The first-order valence-corrected chi connectivity index (χ1v) is 5.09. The highest BCUT2D eigenvalue weighted by atomic mass is 19.1. The van der Waals surface area contributed by atoms with Gasteiger partial charge in [0.1, 0.15) is 5.82 Å². The van der Waals surface area contributed by atoms with Crippen LogP contribution in [0, 0.1) is 5.82 Å². The first kappa shape index (κ1) is 8.74. The van der Waals surface area contributed by atoms with Gasteiger partial charge >= 0.3 is 0 Å². The third-order valence-corrected chi connectivity index (χ3v) is 3.01. The molecular weight excluding hydrogens is 163 g/mol. The smallest absolute Gasteiger partial charge is 0.126 e. The minimum absolute atomic E-state index is 0.0121. The number of halogens is 1. The van der Waals surface area contributed by atoms with Crippen LogP contribution in [0.5, 0.6) is 0 Å². The molecule has 2 rings (SSSR count). The molecule has 1 aromatic rings. The Morgan fingerprint density at radius 2 is 2.15 bits per heavy atom. The van der Waals surface area contributed by atoms with Gasteiger partial charge in [-0.25, -0.2) is 4.39 Å². The quantitative estimate of drug-likeness (QED) is 0.648. The molecule has 0 N–H and O–H groups in total. The normalized spacial score (nSPS) is 17.1. The maximum absolute atomic E-state index is 13.4. The molecule has 1 heteroatoms. The van der Waals surface area contributed by atoms with Gasteiger partial charge in [-0.2, -0.15) is 0 Å². The van der Waals surface area contributed by atoms with Crippen LogP contribution in [0.25, 0.3) is 0 Å². The Morgan fingerprint density at radius 3 is 2.69 bits per heavy atom. The van der Waals surface area contributed by atoms with Gasteiger partial charge in [-0.3, -0.25) is 0 Å². The zero-order valence-corrected chi connectivity index (χ0v) is 8.02. The van der Waals surface area contributed by atoms with E-state index in [0.29, 0.717) is 5.92 Å². The summed E-state index contributed by atoms with van der Waals surface area (Å²) in [6.07, 6.45) is 4.61. The number of benzene rings is 1. The van der Waals surface area contributed by atoms with Crippen LogP contribution in [0.4, 0.5) is 4.39 Å². The van der Waals surface area contributed by atoms with Gasteiger partial charge in [-0.1, -0.05) is 25.5 Å². The van der Waals surface area contributed by atoms with Crippen molar-refractivity contribution in [1.29, 1.82) is 0 Å². The molecule has 0 nitrogen and oxygen atoms in total. The molecule has 1 aliphatic carbocycles. The van der Waals surface area contributed by atoms with Gasteiger partial charge in [0.15, 0.2) is 0 Å². The highest BCUT2D eigenvalue weighted by molar-refractivity contribution is 5.29. The Balaban J connectivity index is 2.30. The second kappa shape index (κ2) is 3.49. The Bertz CT molecular complexity index is 300. The van der Waals surface area contributed by atoms with Gasteiger partial charge in [0.05, 0.1) is 0 Å². The van der Waals surface area contributed by atoms with Crippen molar-refractivity contribution in [1.82, 2.24) is 0 Å². The van der Waals surface area contributed by atoms with Crippen molar-refractivity contribution in [3.63, 3.8) is 0 Å². The van der Waals surface area contributed by atoms with Crippen LogP contribution < -0.4 is 0 Å². The summed E-state index contributed by atoms with van der Waals surface area (Å²) in [4.78, 5) is 0. The van der Waals surface area contributed by atoms with E-state index in [-0.39, 0.29) is 5.82 Å². The molecule has 0 radical (unpaired) electrons. The fourth-order valence-corrected chi connectivity index (χ4v) is 1.85. The minimum Gasteiger partial charge on any atom is -0.207 e. The highest BCUT2D eigenvalue weighted by Crippen LogP contribution is 2.37. The molecule has 1 saturated carbocycles. The van der Waals surface area contributed by atoms with E-state index in [2.05, 4.69) is 6.92 Å². The van der Waals surface area contributed by atoms with Crippen molar-refractivity contribution in [2.75, 3.05) is 0 Å². The molecule has 0 aliphatic heterocycles. The lowest BCUT2D eigenvalue weighted by molar-refractivity contribution is 0.404. The van der Waals surface area contributed by atoms with Crippen LogP contribution in [0.1, 0.15) is 43.2 Å². The Labute approximate surface area is 78.8 Å². The van der Waals surface area contributed by atoms with E-state index in [1.807, 2.05) is 12.1 Å². The zero-order chi connectivity index (χ0) is 9.26. The van der Waals surface area contributed by atoms with E-state index in [9.17, 15) is 4.39 Å². The lowest BCUT2D eigenvalue weighted by Crippen LogP contribution is -2.10. The van der Waals surface area contributed by atoms with Crippen LogP contribution >= 0.6 is 0 Å². The zero-order valence-electron chi connectivity index (χ0n) is 8.02. The van der Waals surface area contributed by atoms with Crippen molar-refractivity contribution < 1.29 is 4.39 Å². The SMILES string of the molecule is CCc1ccc(F)c(C2CCC2)c1. The van der Waals surface area contributed by atoms with Gasteiger partial charge in [0.2, 0.25) is 0 Å². The fourth-order valence-electron chi connectivity index (χ4n) is 1.85. The molecule has 0 aromatic heterocycles. The minimum atomic E-state index is -0.0121. The van der Waals surface area contributed by atoms with Gasteiger partial charge in [-0.05, 0) is 42.4 Å². The van der Waals surface area contributed by atoms with E-state index in [4.69, 9.17) is 0 Å². The van der Waals surface area contributed by atoms with E-state index >= 15 is 0 Å². The summed E-state index contributed by atoms with van der Waals surface area (Å²) in [6, 6.07) is 5.54. The lowest BCUT2D eigenvalue weighted by atomic mass is 9.79. The molecule has 1 aromatic carbocycles. The van der Waals surface area contributed by atoms with Crippen molar-refractivity contribution in [2.45, 2.75) is 38.5 Å². The van der Waals surface area contributed by atoms with Crippen molar-refractivity contribution in [2.24, 2.45) is 0 Å². The second-order valence-electron chi connectivity index (χ2n) is 3.84. The predicted molar refractivity (Wildman–Crippen MR) is 52.4 cm³/mol. The molecule has 0 saturated heterocycles. The first-order chi connectivity index (χ1) is 6.31. The molecular formula is C12H15F.